The second kappa shape index (κ2) is 5.51. The van der Waals surface area contributed by atoms with Gasteiger partial charge in [-0.1, -0.05) is 36.6 Å². The molecule has 2 aliphatic heterocycles. The number of hydrogen-bond acceptors (Lipinski definition) is 3. The number of hydrazone groups is 1. The highest BCUT2D eigenvalue weighted by Crippen LogP contribution is 2.34. The molecule has 4 nitrogen and oxygen atoms in total. The Labute approximate surface area is 134 Å². The summed E-state index contributed by atoms with van der Waals surface area (Å²) in [5.74, 6) is 1.03. The highest BCUT2D eigenvalue weighted by atomic mass is 35.5. The van der Waals surface area contributed by atoms with E-state index in [1.54, 1.807) is 5.01 Å². The Morgan fingerprint density at radius 3 is 2.68 bits per heavy atom. The maximum atomic E-state index is 12.7. The highest BCUT2D eigenvalue weighted by Gasteiger charge is 2.41. The summed E-state index contributed by atoms with van der Waals surface area (Å²) >= 11 is 5.94. The van der Waals surface area contributed by atoms with Crippen molar-refractivity contribution in [1.82, 2.24) is 5.01 Å². The molecule has 0 radical (unpaired) electrons. The van der Waals surface area contributed by atoms with Crippen LogP contribution >= 0.6 is 11.6 Å². The first-order valence-corrected chi connectivity index (χ1v) is 8.34. The third-order valence-corrected chi connectivity index (χ3v) is 5.05. The lowest BCUT2D eigenvalue weighted by Crippen LogP contribution is -2.49. The van der Waals surface area contributed by atoms with Gasteiger partial charge in [-0.25, -0.2) is 0 Å². The number of fused-ring (bicyclic) bond motifs is 2. The number of benzene rings is 1. The molecule has 0 bridgehead atoms. The first kappa shape index (κ1) is 13.9. The topological polar surface area (TPSA) is 45.0 Å². The molecule has 5 heteroatoms. The van der Waals surface area contributed by atoms with E-state index in [4.69, 9.17) is 16.6 Å². The molecule has 114 valence electrons. The lowest BCUT2D eigenvalue weighted by molar-refractivity contribution is -0.134. The van der Waals surface area contributed by atoms with Gasteiger partial charge >= 0.3 is 0 Å². The van der Waals surface area contributed by atoms with E-state index < -0.39 is 0 Å². The van der Waals surface area contributed by atoms with Crippen LogP contribution in [0.25, 0.3) is 0 Å². The van der Waals surface area contributed by atoms with Crippen molar-refractivity contribution in [2.45, 2.75) is 44.6 Å². The van der Waals surface area contributed by atoms with Crippen LogP contribution in [0.1, 0.15) is 44.1 Å². The predicted molar refractivity (Wildman–Crippen MR) is 87.3 cm³/mol. The van der Waals surface area contributed by atoms with Crippen molar-refractivity contribution in [3.05, 3.63) is 34.9 Å². The van der Waals surface area contributed by atoms with Crippen LogP contribution in [-0.2, 0) is 4.79 Å². The van der Waals surface area contributed by atoms with Gasteiger partial charge in [-0.2, -0.15) is 10.1 Å². The van der Waals surface area contributed by atoms with Crippen LogP contribution < -0.4 is 0 Å². The minimum atomic E-state index is 0.0332. The molecule has 3 aliphatic rings. The van der Waals surface area contributed by atoms with E-state index in [1.165, 1.54) is 6.42 Å². The SMILES string of the molecule is O=C1[C@@H]2CCCC[C@H]2N=C2CCC(c3ccc(Cl)cc3)=NN12. The zero-order chi connectivity index (χ0) is 15.1. The smallest absolute Gasteiger partial charge is 0.253 e. The molecule has 1 aliphatic carbocycles. The molecule has 0 N–H and O–H groups in total. The van der Waals surface area contributed by atoms with Crippen molar-refractivity contribution in [2.24, 2.45) is 16.0 Å². The van der Waals surface area contributed by atoms with Crippen LogP contribution in [0.15, 0.2) is 34.4 Å². The van der Waals surface area contributed by atoms with Crippen LogP contribution in [0, 0.1) is 5.92 Å². The molecular formula is C17H18ClN3O. The molecule has 0 saturated heterocycles. The maximum Gasteiger partial charge on any atom is 0.253 e. The molecule has 0 unspecified atom stereocenters. The van der Waals surface area contributed by atoms with Gasteiger partial charge in [0, 0.05) is 11.4 Å². The normalized spacial score (nSPS) is 27.7. The zero-order valence-corrected chi connectivity index (χ0v) is 13.1. The van der Waals surface area contributed by atoms with Gasteiger partial charge < -0.3 is 0 Å². The van der Waals surface area contributed by atoms with Gasteiger partial charge in [0.2, 0.25) is 0 Å². The van der Waals surface area contributed by atoms with Crippen molar-refractivity contribution >= 4 is 29.1 Å². The third kappa shape index (κ3) is 2.35. The molecule has 1 aromatic carbocycles. The number of hydrogen-bond donors (Lipinski definition) is 0. The predicted octanol–water partition coefficient (Wildman–Crippen LogP) is 3.64. The summed E-state index contributed by atoms with van der Waals surface area (Å²) in [7, 11) is 0. The van der Waals surface area contributed by atoms with Gasteiger partial charge in [-0.15, -0.1) is 0 Å². The Morgan fingerprint density at radius 2 is 1.86 bits per heavy atom. The summed E-state index contributed by atoms with van der Waals surface area (Å²) in [5, 5.41) is 6.88. The molecule has 1 amide bonds. The fourth-order valence-electron chi connectivity index (χ4n) is 3.61. The molecule has 4 rings (SSSR count). The number of amides is 1. The van der Waals surface area contributed by atoms with E-state index in [2.05, 4.69) is 5.10 Å². The molecule has 2 atom stereocenters. The fraction of sp³-hybridized carbons (Fsp3) is 0.471. The van der Waals surface area contributed by atoms with E-state index >= 15 is 0 Å². The molecule has 22 heavy (non-hydrogen) atoms. The first-order valence-electron chi connectivity index (χ1n) is 7.96. The molecule has 2 heterocycles. The second-order valence-corrected chi connectivity index (χ2v) is 6.64. The van der Waals surface area contributed by atoms with E-state index in [0.717, 1.165) is 49.2 Å². The monoisotopic (exact) mass is 315 g/mol. The van der Waals surface area contributed by atoms with Crippen LogP contribution in [0.4, 0.5) is 0 Å². The summed E-state index contributed by atoms with van der Waals surface area (Å²) in [4.78, 5) is 17.6. The number of rotatable bonds is 1. The molecule has 0 aromatic heterocycles. The van der Waals surface area contributed by atoms with Gasteiger partial charge in [-0.3, -0.25) is 9.79 Å². The van der Waals surface area contributed by atoms with Gasteiger partial charge in [0.15, 0.2) is 0 Å². The summed E-state index contributed by atoms with van der Waals surface area (Å²) < 4.78 is 0. The van der Waals surface area contributed by atoms with Crippen LogP contribution in [0.3, 0.4) is 0 Å². The Morgan fingerprint density at radius 1 is 1.09 bits per heavy atom. The van der Waals surface area contributed by atoms with Gasteiger partial charge in [0.1, 0.15) is 5.84 Å². The Balaban J connectivity index is 1.67. The minimum absolute atomic E-state index is 0.0332. The third-order valence-electron chi connectivity index (χ3n) is 4.80. The highest BCUT2D eigenvalue weighted by molar-refractivity contribution is 6.30. The molecular weight excluding hydrogens is 298 g/mol. The minimum Gasteiger partial charge on any atom is -0.272 e. The number of carbonyl (C=O) groups excluding carboxylic acids is 1. The first-order chi connectivity index (χ1) is 10.7. The van der Waals surface area contributed by atoms with Gasteiger partial charge in [-0.05, 0) is 37.0 Å². The lowest BCUT2D eigenvalue weighted by Gasteiger charge is -2.38. The quantitative estimate of drug-likeness (QED) is 0.780. The van der Waals surface area contributed by atoms with Crippen molar-refractivity contribution in [1.29, 1.82) is 0 Å². The maximum absolute atomic E-state index is 12.7. The van der Waals surface area contributed by atoms with Crippen molar-refractivity contribution in [2.75, 3.05) is 0 Å². The van der Waals surface area contributed by atoms with Crippen molar-refractivity contribution < 1.29 is 4.79 Å². The Kier molecular flexibility index (Phi) is 3.49. The van der Waals surface area contributed by atoms with Crippen molar-refractivity contribution in [3.63, 3.8) is 0 Å². The number of amidine groups is 1. The Bertz CT molecular complexity index is 665. The van der Waals surface area contributed by atoms with E-state index in [1.807, 2.05) is 24.3 Å². The summed E-state index contributed by atoms with van der Waals surface area (Å²) in [6.07, 6.45) is 5.91. The van der Waals surface area contributed by atoms with E-state index in [0.29, 0.717) is 5.02 Å². The molecule has 1 saturated carbocycles. The van der Waals surface area contributed by atoms with E-state index in [-0.39, 0.29) is 17.9 Å². The number of carbonyl (C=O) groups is 1. The van der Waals surface area contributed by atoms with Crippen LogP contribution in [0.5, 0.6) is 0 Å². The number of aliphatic imine (C=N–C) groups is 1. The standard InChI is InChI=1S/C17H18ClN3O/c18-12-7-5-11(6-8-12)14-9-10-16-19-15-4-2-1-3-13(15)17(22)21(16)20-14/h5-8,13,15H,1-4,9-10H2/t13-,15-/m1/s1. The zero-order valence-electron chi connectivity index (χ0n) is 12.3. The number of halogens is 1. The van der Waals surface area contributed by atoms with Crippen LogP contribution in [-0.4, -0.2) is 28.5 Å². The number of nitrogens with zero attached hydrogens (tertiary/aromatic N) is 3. The average molecular weight is 316 g/mol. The molecule has 1 fully saturated rings. The lowest BCUT2D eigenvalue weighted by atomic mass is 9.82. The molecule has 0 spiro atoms. The van der Waals surface area contributed by atoms with Crippen LogP contribution in [0.2, 0.25) is 5.02 Å². The van der Waals surface area contributed by atoms with Gasteiger partial charge in [0.25, 0.3) is 5.91 Å². The van der Waals surface area contributed by atoms with Crippen molar-refractivity contribution in [3.8, 4) is 0 Å². The fourth-order valence-corrected chi connectivity index (χ4v) is 3.73. The largest absolute Gasteiger partial charge is 0.272 e. The molecule has 1 aromatic rings. The summed E-state index contributed by atoms with van der Waals surface area (Å²) in [6, 6.07) is 7.83. The van der Waals surface area contributed by atoms with Gasteiger partial charge in [0.05, 0.1) is 17.7 Å². The average Bonchev–Trinajstić information content (AvgIpc) is 2.56. The summed E-state index contributed by atoms with van der Waals surface area (Å²) in [5.41, 5.74) is 1.97. The Hall–Kier alpha value is -1.68. The van der Waals surface area contributed by atoms with E-state index in [9.17, 15) is 4.79 Å². The summed E-state index contributed by atoms with van der Waals surface area (Å²) in [6.45, 7) is 0. The second-order valence-electron chi connectivity index (χ2n) is 6.21.